The Morgan fingerprint density at radius 2 is 1.70 bits per heavy atom. The Morgan fingerprint density at radius 3 is 2.59 bits per heavy atom. The second-order valence-corrected chi connectivity index (χ2v) is 6.51. The Labute approximate surface area is 157 Å². The zero-order valence-electron chi connectivity index (χ0n) is 14.9. The van der Waals surface area contributed by atoms with E-state index in [0.717, 1.165) is 16.8 Å². The van der Waals surface area contributed by atoms with Gasteiger partial charge in [0.2, 0.25) is 0 Å². The molecule has 138 valence electrons. The van der Waals surface area contributed by atoms with Crippen LogP contribution in [-0.4, -0.2) is 34.9 Å². The summed E-state index contributed by atoms with van der Waals surface area (Å²) in [7, 11) is 0. The number of aromatic amines is 1. The quantitative estimate of drug-likeness (QED) is 0.378. The molecule has 0 aliphatic carbocycles. The Morgan fingerprint density at radius 1 is 0.926 bits per heavy atom. The fourth-order valence-corrected chi connectivity index (χ4v) is 3.28. The number of aromatic hydroxyl groups is 1. The SMILES string of the molecule is Oc1ccccc1C(O)CNCCOc1ccc2c(c1)[nH]c1ccccc12. The van der Waals surface area contributed by atoms with Crippen LogP contribution in [-0.2, 0) is 0 Å². The van der Waals surface area contributed by atoms with Crippen LogP contribution in [0.4, 0.5) is 0 Å². The minimum absolute atomic E-state index is 0.106. The zero-order chi connectivity index (χ0) is 18.6. The number of H-pyrrole nitrogens is 1. The van der Waals surface area contributed by atoms with Crippen molar-refractivity contribution < 1.29 is 14.9 Å². The summed E-state index contributed by atoms with van der Waals surface area (Å²) in [5.74, 6) is 0.909. The lowest BCUT2D eigenvalue weighted by atomic mass is 10.1. The van der Waals surface area contributed by atoms with Gasteiger partial charge >= 0.3 is 0 Å². The third-order valence-electron chi connectivity index (χ3n) is 4.66. The Kier molecular flexibility index (Phi) is 4.96. The molecule has 5 nitrogen and oxygen atoms in total. The van der Waals surface area contributed by atoms with Gasteiger partial charge in [-0.15, -0.1) is 0 Å². The smallest absolute Gasteiger partial charge is 0.121 e. The highest BCUT2D eigenvalue weighted by molar-refractivity contribution is 6.07. The van der Waals surface area contributed by atoms with Gasteiger partial charge in [-0.1, -0.05) is 36.4 Å². The first-order valence-corrected chi connectivity index (χ1v) is 9.02. The summed E-state index contributed by atoms with van der Waals surface area (Å²) in [5, 5.41) is 25.4. The maximum Gasteiger partial charge on any atom is 0.121 e. The molecule has 0 saturated heterocycles. The lowest BCUT2D eigenvalue weighted by Crippen LogP contribution is -2.26. The number of para-hydroxylation sites is 2. The number of hydrogen-bond donors (Lipinski definition) is 4. The van der Waals surface area contributed by atoms with E-state index in [1.807, 2.05) is 24.3 Å². The molecule has 0 fully saturated rings. The van der Waals surface area contributed by atoms with E-state index in [1.54, 1.807) is 24.3 Å². The molecule has 5 heteroatoms. The number of benzene rings is 3. The number of phenolic OH excluding ortho intramolecular Hbond substituents is 1. The molecule has 1 heterocycles. The number of rotatable bonds is 7. The van der Waals surface area contributed by atoms with Crippen LogP contribution in [0.3, 0.4) is 0 Å². The van der Waals surface area contributed by atoms with Gasteiger partial charge in [-0.25, -0.2) is 0 Å². The van der Waals surface area contributed by atoms with Gasteiger partial charge in [0.25, 0.3) is 0 Å². The second-order valence-electron chi connectivity index (χ2n) is 6.51. The van der Waals surface area contributed by atoms with E-state index in [4.69, 9.17) is 4.74 Å². The van der Waals surface area contributed by atoms with Crippen LogP contribution < -0.4 is 10.1 Å². The molecule has 4 rings (SSSR count). The standard InChI is InChI=1S/C22H22N2O3/c25-21-8-4-2-6-18(21)22(26)14-23-11-12-27-15-9-10-17-16-5-1-3-7-19(16)24-20(17)13-15/h1-10,13,22-26H,11-12,14H2. The molecule has 0 amide bonds. The van der Waals surface area contributed by atoms with Crippen LogP contribution in [0.1, 0.15) is 11.7 Å². The van der Waals surface area contributed by atoms with Crippen LogP contribution in [0, 0.1) is 0 Å². The molecule has 4 N–H and O–H groups in total. The average Bonchev–Trinajstić information content (AvgIpc) is 3.05. The molecule has 1 aromatic heterocycles. The maximum absolute atomic E-state index is 10.1. The fourth-order valence-electron chi connectivity index (χ4n) is 3.28. The topological polar surface area (TPSA) is 77.5 Å². The molecule has 3 aromatic carbocycles. The van der Waals surface area contributed by atoms with Gasteiger partial charge in [-0.3, -0.25) is 0 Å². The van der Waals surface area contributed by atoms with Gasteiger partial charge in [0, 0.05) is 41.0 Å². The number of phenols is 1. The van der Waals surface area contributed by atoms with E-state index < -0.39 is 6.10 Å². The summed E-state index contributed by atoms with van der Waals surface area (Å²) < 4.78 is 5.81. The number of fused-ring (bicyclic) bond motifs is 3. The van der Waals surface area contributed by atoms with Gasteiger partial charge < -0.3 is 25.3 Å². The summed E-state index contributed by atoms with van der Waals surface area (Å²) in [6.45, 7) is 1.43. The van der Waals surface area contributed by atoms with Crippen molar-refractivity contribution in [1.82, 2.24) is 10.3 Å². The van der Waals surface area contributed by atoms with E-state index in [0.29, 0.717) is 25.3 Å². The first-order chi connectivity index (χ1) is 13.2. The molecule has 1 unspecified atom stereocenters. The number of aliphatic hydroxyl groups excluding tert-OH is 1. The number of nitrogens with one attached hydrogen (secondary N) is 2. The molecule has 0 aliphatic rings. The molecule has 0 radical (unpaired) electrons. The predicted molar refractivity (Wildman–Crippen MR) is 107 cm³/mol. The van der Waals surface area contributed by atoms with Gasteiger partial charge in [0.15, 0.2) is 0 Å². The first kappa shape index (κ1) is 17.4. The molecule has 0 aliphatic heterocycles. The van der Waals surface area contributed by atoms with Crippen molar-refractivity contribution in [2.24, 2.45) is 0 Å². The van der Waals surface area contributed by atoms with E-state index in [2.05, 4.69) is 28.5 Å². The molecule has 4 aromatic rings. The Bertz CT molecular complexity index is 1060. The van der Waals surface area contributed by atoms with E-state index >= 15 is 0 Å². The molecular formula is C22H22N2O3. The van der Waals surface area contributed by atoms with Crippen LogP contribution >= 0.6 is 0 Å². The van der Waals surface area contributed by atoms with Crippen LogP contribution in [0.2, 0.25) is 0 Å². The molecule has 27 heavy (non-hydrogen) atoms. The van der Waals surface area contributed by atoms with Crippen molar-refractivity contribution in [3.8, 4) is 11.5 Å². The molecule has 1 atom stereocenters. The average molecular weight is 362 g/mol. The first-order valence-electron chi connectivity index (χ1n) is 9.02. The highest BCUT2D eigenvalue weighted by Gasteiger charge is 2.11. The number of aromatic nitrogens is 1. The summed E-state index contributed by atoms with van der Waals surface area (Å²) in [6, 6.07) is 21.1. The lowest BCUT2D eigenvalue weighted by molar-refractivity contribution is 0.168. The van der Waals surface area contributed by atoms with Crippen LogP contribution in [0.25, 0.3) is 21.8 Å². The monoisotopic (exact) mass is 362 g/mol. The summed E-state index contributed by atoms with van der Waals surface area (Å²) in [6.07, 6.45) is -0.756. The van der Waals surface area contributed by atoms with Crippen molar-refractivity contribution in [2.45, 2.75) is 6.10 Å². The third-order valence-corrected chi connectivity index (χ3v) is 4.66. The summed E-state index contributed by atoms with van der Waals surface area (Å²) >= 11 is 0. The number of hydrogen-bond acceptors (Lipinski definition) is 4. The minimum Gasteiger partial charge on any atom is -0.508 e. The van der Waals surface area contributed by atoms with Crippen LogP contribution in [0.15, 0.2) is 66.7 Å². The predicted octanol–water partition coefficient (Wildman–Crippen LogP) is 3.73. The highest BCUT2D eigenvalue weighted by Crippen LogP contribution is 2.28. The normalized spacial score (nSPS) is 12.5. The largest absolute Gasteiger partial charge is 0.508 e. The van der Waals surface area contributed by atoms with Crippen molar-refractivity contribution >= 4 is 21.8 Å². The fraction of sp³-hybridized carbons (Fsp3) is 0.182. The van der Waals surface area contributed by atoms with Gasteiger partial charge in [0.1, 0.15) is 18.1 Å². The maximum atomic E-state index is 10.1. The Hall–Kier alpha value is -3.02. The van der Waals surface area contributed by atoms with E-state index in [1.165, 1.54) is 10.8 Å². The third kappa shape index (κ3) is 3.74. The van der Waals surface area contributed by atoms with Crippen molar-refractivity contribution in [3.63, 3.8) is 0 Å². The minimum atomic E-state index is -0.756. The molecule has 0 saturated carbocycles. The summed E-state index contributed by atoms with van der Waals surface area (Å²) in [4.78, 5) is 3.41. The van der Waals surface area contributed by atoms with Gasteiger partial charge in [0.05, 0.1) is 11.6 Å². The molecule has 0 spiro atoms. The summed E-state index contributed by atoms with van der Waals surface area (Å²) in [5.41, 5.74) is 2.69. The second kappa shape index (κ2) is 7.70. The zero-order valence-corrected chi connectivity index (χ0v) is 14.9. The van der Waals surface area contributed by atoms with Gasteiger partial charge in [-0.05, 0) is 24.3 Å². The molecule has 0 bridgehead atoms. The number of aliphatic hydroxyl groups is 1. The lowest BCUT2D eigenvalue weighted by Gasteiger charge is -2.14. The van der Waals surface area contributed by atoms with Crippen molar-refractivity contribution in [1.29, 1.82) is 0 Å². The van der Waals surface area contributed by atoms with Crippen molar-refractivity contribution in [2.75, 3.05) is 19.7 Å². The van der Waals surface area contributed by atoms with E-state index in [9.17, 15) is 10.2 Å². The molecular weight excluding hydrogens is 340 g/mol. The van der Waals surface area contributed by atoms with E-state index in [-0.39, 0.29) is 5.75 Å². The van der Waals surface area contributed by atoms with Crippen LogP contribution in [0.5, 0.6) is 11.5 Å². The number of ether oxygens (including phenoxy) is 1. The van der Waals surface area contributed by atoms with Gasteiger partial charge in [-0.2, -0.15) is 0 Å². The highest BCUT2D eigenvalue weighted by atomic mass is 16.5. The Balaban J connectivity index is 1.30. The van der Waals surface area contributed by atoms with Crippen molar-refractivity contribution in [3.05, 3.63) is 72.3 Å².